The average Bonchev–Trinajstić information content (AvgIpc) is 2.53. The predicted molar refractivity (Wildman–Crippen MR) is 90.2 cm³/mol. The summed E-state index contributed by atoms with van der Waals surface area (Å²) in [5, 5.41) is 14.4. The molecule has 0 aliphatic rings. The van der Waals surface area contributed by atoms with E-state index >= 15 is 0 Å². The Bertz CT molecular complexity index is 560. The van der Waals surface area contributed by atoms with E-state index in [1.165, 1.54) is 0 Å². The molecule has 1 aromatic rings. The van der Waals surface area contributed by atoms with Crippen molar-refractivity contribution in [2.24, 2.45) is 11.7 Å². The molecular weight excluding hydrogens is 310 g/mol. The van der Waals surface area contributed by atoms with Crippen molar-refractivity contribution in [3.63, 3.8) is 0 Å². The van der Waals surface area contributed by atoms with Gasteiger partial charge in [-0.25, -0.2) is 4.79 Å². The third kappa shape index (κ3) is 6.78. The molecule has 0 spiro atoms. The fourth-order valence-electron chi connectivity index (χ4n) is 2.28. The van der Waals surface area contributed by atoms with E-state index in [2.05, 4.69) is 10.6 Å². The maximum absolute atomic E-state index is 12.4. The molecule has 0 bridgehead atoms. The first-order chi connectivity index (χ1) is 11.3. The van der Waals surface area contributed by atoms with Gasteiger partial charge >= 0.3 is 5.97 Å². The number of hydrogen-bond donors (Lipinski definition) is 4. The van der Waals surface area contributed by atoms with Gasteiger partial charge in [-0.1, -0.05) is 44.2 Å². The van der Waals surface area contributed by atoms with Gasteiger partial charge in [-0.15, -0.1) is 0 Å². The van der Waals surface area contributed by atoms with E-state index in [0.29, 0.717) is 6.42 Å². The number of aliphatic carboxylic acids is 1. The van der Waals surface area contributed by atoms with Crippen molar-refractivity contribution < 1.29 is 19.5 Å². The highest BCUT2D eigenvalue weighted by atomic mass is 16.4. The summed E-state index contributed by atoms with van der Waals surface area (Å²) in [5.74, 6) is -1.95. The first kappa shape index (κ1) is 19.6. The summed E-state index contributed by atoms with van der Waals surface area (Å²) < 4.78 is 0. The lowest BCUT2D eigenvalue weighted by molar-refractivity contribution is -0.142. The molecular formula is C17H25N3O4. The maximum atomic E-state index is 12.4. The molecule has 0 saturated carbocycles. The largest absolute Gasteiger partial charge is 0.480 e. The zero-order chi connectivity index (χ0) is 18.1. The third-order valence-corrected chi connectivity index (χ3v) is 3.44. The maximum Gasteiger partial charge on any atom is 0.326 e. The molecule has 0 radical (unpaired) electrons. The van der Waals surface area contributed by atoms with Crippen LogP contribution in [0.5, 0.6) is 0 Å². The minimum Gasteiger partial charge on any atom is -0.480 e. The lowest BCUT2D eigenvalue weighted by Gasteiger charge is -2.22. The van der Waals surface area contributed by atoms with Crippen molar-refractivity contribution in [3.8, 4) is 0 Å². The molecule has 7 nitrogen and oxygen atoms in total. The van der Waals surface area contributed by atoms with Crippen LogP contribution < -0.4 is 16.4 Å². The van der Waals surface area contributed by atoms with Crippen LogP contribution in [-0.4, -0.2) is 41.5 Å². The van der Waals surface area contributed by atoms with E-state index in [-0.39, 0.29) is 18.9 Å². The molecule has 0 saturated heterocycles. The quantitative estimate of drug-likeness (QED) is 0.517. The number of nitrogens with two attached hydrogens (primary N) is 1. The second-order valence-corrected chi connectivity index (χ2v) is 6.04. The first-order valence-electron chi connectivity index (χ1n) is 7.90. The van der Waals surface area contributed by atoms with Gasteiger partial charge in [0, 0.05) is 6.42 Å². The number of hydrogen-bond acceptors (Lipinski definition) is 4. The van der Waals surface area contributed by atoms with Crippen LogP contribution in [0.2, 0.25) is 0 Å². The van der Waals surface area contributed by atoms with Gasteiger partial charge in [-0.05, 0) is 17.9 Å². The highest BCUT2D eigenvalue weighted by Gasteiger charge is 2.27. The first-order valence-corrected chi connectivity index (χ1v) is 7.90. The SMILES string of the molecule is CC(C)C[C@@H](NC(=O)CN)C(=O)N[C@@H](Cc1ccccc1)C(=O)O. The Hall–Kier alpha value is -2.41. The van der Waals surface area contributed by atoms with Gasteiger partial charge in [0.05, 0.1) is 6.54 Å². The molecule has 0 fully saturated rings. The number of amides is 2. The van der Waals surface area contributed by atoms with Crippen LogP contribution >= 0.6 is 0 Å². The minimum atomic E-state index is -1.12. The smallest absolute Gasteiger partial charge is 0.326 e. The second kappa shape index (κ2) is 9.67. The van der Waals surface area contributed by atoms with Crippen molar-refractivity contribution >= 4 is 17.8 Å². The number of carbonyl (C=O) groups excluding carboxylic acids is 2. The Morgan fingerprint density at radius 2 is 1.71 bits per heavy atom. The van der Waals surface area contributed by atoms with Gasteiger partial charge in [-0.2, -0.15) is 0 Å². The summed E-state index contributed by atoms with van der Waals surface area (Å²) in [6, 6.07) is 7.16. The van der Waals surface area contributed by atoms with Crippen LogP contribution in [0, 0.1) is 5.92 Å². The summed E-state index contributed by atoms with van der Waals surface area (Å²) in [5.41, 5.74) is 6.07. The van der Waals surface area contributed by atoms with Crippen molar-refractivity contribution in [2.45, 2.75) is 38.8 Å². The average molecular weight is 335 g/mol. The van der Waals surface area contributed by atoms with Crippen LogP contribution in [0.1, 0.15) is 25.8 Å². The number of carboxylic acid groups (broad SMARTS) is 1. The highest BCUT2D eigenvalue weighted by molar-refractivity contribution is 5.90. The Labute approximate surface area is 141 Å². The molecule has 24 heavy (non-hydrogen) atoms. The van der Waals surface area contributed by atoms with Gasteiger partial charge in [0.1, 0.15) is 12.1 Å². The topological polar surface area (TPSA) is 122 Å². The summed E-state index contributed by atoms with van der Waals surface area (Å²) >= 11 is 0. The van der Waals surface area contributed by atoms with E-state index in [1.807, 2.05) is 19.9 Å². The Kier molecular flexibility index (Phi) is 7.91. The summed E-state index contributed by atoms with van der Waals surface area (Å²) in [4.78, 5) is 35.3. The van der Waals surface area contributed by atoms with Gasteiger partial charge in [0.25, 0.3) is 0 Å². The molecule has 5 N–H and O–H groups in total. The molecule has 0 aromatic heterocycles. The number of carboxylic acids is 1. The molecule has 0 aliphatic heterocycles. The normalized spacial score (nSPS) is 13.2. The Morgan fingerprint density at radius 3 is 2.21 bits per heavy atom. The zero-order valence-corrected chi connectivity index (χ0v) is 14.0. The fourth-order valence-corrected chi connectivity index (χ4v) is 2.28. The zero-order valence-electron chi connectivity index (χ0n) is 14.0. The van der Waals surface area contributed by atoms with Gasteiger partial charge in [-0.3, -0.25) is 9.59 Å². The monoisotopic (exact) mass is 335 g/mol. The van der Waals surface area contributed by atoms with Crippen molar-refractivity contribution in [1.82, 2.24) is 10.6 Å². The predicted octanol–water partition coefficient (Wildman–Crippen LogP) is 0.288. The number of nitrogens with one attached hydrogen (secondary N) is 2. The Morgan fingerprint density at radius 1 is 1.08 bits per heavy atom. The van der Waals surface area contributed by atoms with Crippen molar-refractivity contribution in [3.05, 3.63) is 35.9 Å². The minimum absolute atomic E-state index is 0.149. The van der Waals surface area contributed by atoms with Crippen LogP contribution in [0.4, 0.5) is 0 Å². The number of benzene rings is 1. The van der Waals surface area contributed by atoms with Crippen molar-refractivity contribution in [1.29, 1.82) is 0 Å². The van der Waals surface area contributed by atoms with Gasteiger partial charge in [0.2, 0.25) is 11.8 Å². The van der Waals surface area contributed by atoms with E-state index in [0.717, 1.165) is 5.56 Å². The van der Waals surface area contributed by atoms with E-state index in [1.54, 1.807) is 24.3 Å². The number of carbonyl (C=O) groups is 3. The molecule has 0 unspecified atom stereocenters. The van der Waals surface area contributed by atoms with Crippen LogP contribution in [0.15, 0.2) is 30.3 Å². The number of rotatable bonds is 9. The molecule has 1 aromatic carbocycles. The summed E-state index contributed by atoms with van der Waals surface area (Å²) in [6.07, 6.45) is 0.566. The van der Waals surface area contributed by atoms with Crippen LogP contribution in [0.25, 0.3) is 0 Å². The van der Waals surface area contributed by atoms with E-state index in [9.17, 15) is 19.5 Å². The lowest BCUT2D eigenvalue weighted by Crippen LogP contribution is -2.53. The second-order valence-electron chi connectivity index (χ2n) is 6.04. The molecule has 132 valence electrons. The molecule has 1 rings (SSSR count). The van der Waals surface area contributed by atoms with Crippen LogP contribution in [-0.2, 0) is 20.8 Å². The molecule has 2 amide bonds. The van der Waals surface area contributed by atoms with E-state index in [4.69, 9.17) is 5.73 Å². The lowest BCUT2D eigenvalue weighted by atomic mass is 10.0. The Balaban J connectivity index is 2.79. The van der Waals surface area contributed by atoms with Crippen LogP contribution in [0.3, 0.4) is 0 Å². The third-order valence-electron chi connectivity index (χ3n) is 3.44. The summed E-state index contributed by atoms with van der Waals surface area (Å²) in [7, 11) is 0. The fraction of sp³-hybridized carbons (Fsp3) is 0.471. The summed E-state index contributed by atoms with van der Waals surface area (Å²) in [6.45, 7) is 3.59. The van der Waals surface area contributed by atoms with E-state index < -0.39 is 29.9 Å². The standard InChI is InChI=1S/C17H25N3O4/c1-11(2)8-13(19-15(21)10-18)16(22)20-14(17(23)24)9-12-6-4-3-5-7-12/h3-7,11,13-14H,8-10,18H2,1-2H3,(H,19,21)(H,20,22)(H,23,24)/t13-,14+/m1/s1. The molecule has 7 heteroatoms. The van der Waals surface area contributed by atoms with Crippen molar-refractivity contribution in [2.75, 3.05) is 6.54 Å². The molecule has 0 aliphatic carbocycles. The molecule has 2 atom stereocenters. The van der Waals surface area contributed by atoms with Gasteiger partial charge in [0.15, 0.2) is 0 Å². The highest BCUT2D eigenvalue weighted by Crippen LogP contribution is 2.07. The van der Waals surface area contributed by atoms with Gasteiger partial charge < -0.3 is 21.5 Å². The molecule has 0 heterocycles.